The largest absolute Gasteiger partial charge is 0.375 e. The molecule has 0 radical (unpaired) electrons. The van der Waals surface area contributed by atoms with Gasteiger partial charge in [-0.3, -0.25) is 9.69 Å². The van der Waals surface area contributed by atoms with Gasteiger partial charge >= 0.3 is 0 Å². The van der Waals surface area contributed by atoms with Crippen LogP contribution in [0.1, 0.15) is 39.5 Å². The van der Waals surface area contributed by atoms with Crippen LogP contribution < -0.4 is 0 Å². The molecule has 3 aliphatic rings. The third-order valence-corrected chi connectivity index (χ3v) is 8.02. The summed E-state index contributed by atoms with van der Waals surface area (Å²) in [6.45, 7) is 8.70. The molecule has 8 heteroatoms. The van der Waals surface area contributed by atoms with Gasteiger partial charge in [0.2, 0.25) is 15.9 Å². The van der Waals surface area contributed by atoms with Gasteiger partial charge in [0.05, 0.1) is 11.4 Å². The Morgan fingerprint density at radius 1 is 1.12 bits per heavy atom. The van der Waals surface area contributed by atoms with Crippen LogP contribution in [0, 0.1) is 0 Å². The van der Waals surface area contributed by atoms with Gasteiger partial charge in [0.25, 0.3) is 0 Å². The van der Waals surface area contributed by atoms with Gasteiger partial charge in [-0.1, -0.05) is 0 Å². The highest BCUT2D eigenvalue weighted by atomic mass is 32.2. The summed E-state index contributed by atoms with van der Waals surface area (Å²) in [4.78, 5) is 15.9. The molecule has 0 N–H and O–H groups in total. The number of hydrogen-bond acceptors (Lipinski definition) is 5. The number of carbonyl (C=O) groups excluding carboxylic acids is 1. The first-order valence-corrected chi connectivity index (χ1v) is 11.1. The number of carbonyl (C=O) groups is 1. The van der Waals surface area contributed by atoms with Crippen LogP contribution in [-0.4, -0.2) is 91.7 Å². The Kier molecular flexibility index (Phi) is 5.72. The van der Waals surface area contributed by atoms with Crippen LogP contribution >= 0.6 is 0 Å². The molecule has 0 aromatic heterocycles. The first-order valence-electron chi connectivity index (χ1n) is 9.46. The molecule has 3 saturated heterocycles. The maximum Gasteiger partial charge on any atom is 0.219 e. The van der Waals surface area contributed by atoms with E-state index in [0.717, 1.165) is 58.5 Å². The van der Waals surface area contributed by atoms with Crippen molar-refractivity contribution in [2.75, 3.05) is 51.6 Å². The predicted octanol–water partition coefficient (Wildman–Crippen LogP) is 0.514. The molecule has 3 rings (SSSR count). The fraction of sp³-hybridized carbons (Fsp3) is 0.941. The highest BCUT2D eigenvalue weighted by Gasteiger charge is 2.43. The maximum absolute atomic E-state index is 12.1. The molecule has 7 nitrogen and oxygen atoms in total. The Morgan fingerprint density at radius 2 is 1.76 bits per heavy atom. The summed E-state index contributed by atoms with van der Waals surface area (Å²) in [7, 11) is -3.09. The summed E-state index contributed by atoms with van der Waals surface area (Å²) in [6.07, 6.45) is 3.58. The van der Waals surface area contributed by atoms with Crippen LogP contribution in [0.15, 0.2) is 0 Å². The predicted molar refractivity (Wildman–Crippen MR) is 95.8 cm³/mol. The molecule has 0 bridgehead atoms. The van der Waals surface area contributed by atoms with Gasteiger partial charge < -0.3 is 9.64 Å². The lowest BCUT2D eigenvalue weighted by Gasteiger charge is -2.49. The third kappa shape index (κ3) is 4.18. The van der Waals surface area contributed by atoms with E-state index in [-0.39, 0.29) is 17.3 Å². The zero-order valence-electron chi connectivity index (χ0n) is 15.4. The number of piperazine rings is 1. The SMILES string of the molecule is CCS(=O)(=O)N1CCC2(CC1)CC(N1CCN(C(C)=O)CC1)CCO2. The second-order valence-corrected chi connectivity index (χ2v) is 9.78. The molecule has 1 unspecified atom stereocenters. The van der Waals surface area contributed by atoms with E-state index in [9.17, 15) is 13.2 Å². The van der Waals surface area contributed by atoms with Gasteiger partial charge in [0.1, 0.15) is 0 Å². The Bertz CT molecular complexity index is 579. The van der Waals surface area contributed by atoms with E-state index in [1.165, 1.54) is 0 Å². The lowest BCUT2D eigenvalue weighted by molar-refractivity contribution is -0.138. The summed E-state index contributed by atoms with van der Waals surface area (Å²) in [5.74, 6) is 0.330. The lowest BCUT2D eigenvalue weighted by atomic mass is 9.82. The van der Waals surface area contributed by atoms with Crippen molar-refractivity contribution >= 4 is 15.9 Å². The smallest absolute Gasteiger partial charge is 0.219 e. The molecule has 3 fully saturated rings. The molecule has 0 aromatic carbocycles. The van der Waals surface area contributed by atoms with Gasteiger partial charge in [-0.2, -0.15) is 0 Å². The molecule has 0 saturated carbocycles. The Labute approximate surface area is 151 Å². The van der Waals surface area contributed by atoms with Crippen molar-refractivity contribution in [2.24, 2.45) is 0 Å². The Balaban J connectivity index is 1.56. The molecule has 1 atom stereocenters. The minimum atomic E-state index is -3.09. The molecule has 0 aliphatic carbocycles. The standard InChI is InChI=1S/C17H31N3O4S/c1-3-25(22,23)20-7-5-17(6-8-20)14-16(4-13-24-17)19-11-9-18(10-12-19)15(2)21/h16H,3-14H2,1-2H3. The minimum Gasteiger partial charge on any atom is -0.375 e. The van der Waals surface area contributed by atoms with E-state index in [0.29, 0.717) is 19.1 Å². The average molecular weight is 374 g/mol. The number of nitrogens with zero attached hydrogens (tertiary/aromatic N) is 3. The number of hydrogen-bond donors (Lipinski definition) is 0. The van der Waals surface area contributed by atoms with E-state index in [1.54, 1.807) is 18.2 Å². The van der Waals surface area contributed by atoms with Crippen LogP contribution in [-0.2, 0) is 19.6 Å². The number of rotatable bonds is 3. The number of amides is 1. The van der Waals surface area contributed by atoms with Crippen LogP contribution in [0.5, 0.6) is 0 Å². The summed E-state index contributed by atoms with van der Waals surface area (Å²) < 4.78 is 31.9. The van der Waals surface area contributed by atoms with Crippen LogP contribution in [0.2, 0.25) is 0 Å². The Hall–Kier alpha value is -0.700. The zero-order valence-corrected chi connectivity index (χ0v) is 16.3. The third-order valence-electron chi connectivity index (χ3n) is 6.13. The number of ether oxygens (including phenoxy) is 1. The van der Waals surface area contributed by atoms with E-state index in [4.69, 9.17) is 4.74 Å². The summed E-state index contributed by atoms with van der Waals surface area (Å²) in [5.41, 5.74) is -0.166. The molecule has 3 heterocycles. The van der Waals surface area contributed by atoms with Crippen LogP contribution in [0.4, 0.5) is 0 Å². The van der Waals surface area contributed by atoms with Crippen molar-refractivity contribution in [3.8, 4) is 0 Å². The second-order valence-electron chi connectivity index (χ2n) is 7.52. The molecule has 1 amide bonds. The summed E-state index contributed by atoms with van der Waals surface area (Å²) in [5, 5.41) is 0. The molecule has 144 valence electrons. The van der Waals surface area contributed by atoms with Crippen LogP contribution in [0.25, 0.3) is 0 Å². The van der Waals surface area contributed by atoms with E-state index in [1.807, 2.05) is 4.90 Å². The molecule has 3 aliphatic heterocycles. The fourth-order valence-electron chi connectivity index (χ4n) is 4.42. The van der Waals surface area contributed by atoms with Gasteiger partial charge in [-0.05, 0) is 32.6 Å². The molecule has 1 spiro atoms. The highest BCUT2D eigenvalue weighted by molar-refractivity contribution is 7.89. The van der Waals surface area contributed by atoms with Gasteiger partial charge in [-0.25, -0.2) is 12.7 Å². The molecule has 0 aromatic rings. The monoisotopic (exact) mass is 373 g/mol. The average Bonchev–Trinajstić information content (AvgIpc) is 2.62. The fourth-order valence-corrected chi connectivity index (χ4v) is 5.52. The van der Waals surface area contributed by atoms with E-state index in [2.05, 4.69) is 4.90 Å². The Morgan fingerprint density at radius 3 is 2.32 bits per heavy atom. The first-order chi connectivity index (χ1) is 11.9. The number of piperidine rings is 1. The van der Waals surface area contributed by atoms with Gasteiger partial charge in [-0.15, -0.1) is 0 Å². The van der Waals surface area contributed by atoms with E-state index >= 15 is 0 Å². The summed E-state index contributed by atoms with van der Waals surface area (Å²) >= 11 is 0. The van der Waals surface area contributed by atoms with Crippen molar-refractivity contribution in [3.05, 3.63) is 0 Å². The quantitative estimate of drug-likeness (QED) is 0.721. The van der Waals surface area contributed by atoms with Crippen molar-refractivity contribution in [1.82, 2.24) is 14.1 Å². The van der Waals surface area contributed by atoms with Crippen molar-refractivity contribution in [3.63, 3.8) is 0 Å². The highest BCUT2D eigenvalue weighted by Crippen LogP contribution is 2.37. The molecular formula is C17H31N3O4S. The second kappa shape index (κ2) is 7.50. The minimum absolute atomic E-state index is 0.160. The van der Waals surface area contributed by atoms with E-state index < -0.39 is 10.0 Å². The van der Waals surface area contributed by atoms with Crippen molar-refractivity contribution in [2.45, 2.75) is 51.2 Å². The number of sulfonamides is 1. The maximum atomic E-state index is 12.1. The molecule has 25 heavy (non-hydrogen) atoms. The van der Waals surface area contributed by atoms with Crippen molar-refractivity contribution < 1.29 is 17.9 Å². The molecular weight excluding hydrogens is 342 g/mol. The van der Waals surface area contributed by atoms with Gasteiger partial charge in [0, 0.05) is 58.8 Å². The normalized spacial score (nSPS) is 29.0. The first kappa shape index (κ1) is 19.1. The zero-order chi connectivity index (χ0) is 18.1. The van der Waals surface area contributed by atoms with Crippen molar-refractivity contribution in [1.29, 1.82) is 0 Å². The topological polar surface area (TPSA) is 70.2 Å². The van der Waals surface area contributed by atoms with Gasteiger partial charge in [0.15, 0.2) is 0 Å². The lowest BCUT2D eigenvalue weighted by Crippen LogP contribution is -2.57. The van der Waals surface area contributed by atoms with Crippen LogP contribution in [0.3, 0.4) is 0 Å². The summed E-state index contributed by atoms with van der Waals surface area (Å²) in [6, 6.07) is 0.484.